The molecule has 0 aliphatic heterocycles. The zero-order valence-electron chi connectivity index (χ0n) is 28.7. The van der Waals surface area contributed by atoms with Crippen LogP contribution >= 0.6 is 0 Å². The van der Waals surface area contributed by atoms with Gasteiger partial charge < -0.3 is 4.90 Å². The third-order valence-electron chi connectivity index (χ3n) is 10.3. The molecule has 0 amide bonds. The summed E-state index contributed by atoms with van der Waals surface area (Å²) in [6.45, 7) is 13.7. The predicted octanol–water partition coefficient (Wildman–Crippen LogP) is 13.6. The van der Waals surface area contributed by atoms with Gasteiger partial charge in [-0.25, -0.2) is 0 Å². The molecule has 8 rings (SSSR count). The second kappa shape index (κ2) is 11.4. The summed E-state index contributed by atoms with van der Waals surface area (Å²) in [7, 11) is 0. The molecule has 0 radical (unpaired) electrons. The van der Waals surface area contributed by atoms with Crippen LogP contribution < -0.4 is 4.90 Å². The van der Waals surface area contributed by atoms with E-state index in [1.54, 1.807) is 0 Å². The van der Waals surface area contributed by atoms with Gasteiger partial charge in [0.05, 0.1) is 5.69 Å². The molecule has 1 heteroatoms. The maximum Gasteiger partial charge on any atom is 0.0543 e. The highest BCUT2D eigenvalue weighted by molar-refractivity contribution is 6.26. The fraction of sp³-hybridized carbons (Fsp3) is 0.149. The number of rotatable bonds is 5. The van der Waals surface area contributed by atoms with Crippen molar-refractivity contribution in [3.63, 3.8) is 0 Å². The van der Waals surface area contributed by atoms with Gasteiger partial charge >= 0.3 is 0 Å². The standard InChI is InChI=1S/C47H41N/c1-30-27-44(42-26-24-35-29-36(47(4,5)6)28-34-23-25-38(30)46(42)45(34)35)48(37-17-11-8-12-18-37)43-22-14-21-41(32(43)3)40-20-13-19-39(31(40)2)33-15-9-7-10-16-33/h7-29H,1-6H3. The Bertz CT molecular complexity index is 2430. The number of hydrogen-bond acceptors (Lipinski definition) is 1. The Labute approximate surface area is 284 Å². The molecule has 0 unspecified atom stereocenters. The van der Waals surface area contributed by atoms with Crippen LogP contribution in [0, 0.1) is 20.8 Å². The van der Waals surface area contributed by atoms with Crippen LogP contribution in [0.1, 0.15) is 43.0 Å². The SMILES string of the molecule is Cc1c(-c2ccccc2)cccc1-c1cccc(N(c2ccccc2)c2cc(C)c3ccc4cc(C(C)(C)C)cc5ccc2c3c45)c1C. The first kappa shape index (κ1) is 30.0. The molecular formula is C47H41N. The highest BCUT2D eigenvalue weighted by atomic mass is 15.1. The number of nitrogens with zero attached hydrogens (tertiary/aromatic N) is 1. The van der Waals surface area contributed by atoms with Crippen molar-refractivity contribution < 1.29 is 0 Å². The average Bonchev–Trinajstić information content (AvgIpc) is 3.09. The molecule has 0 N–H and O–H groups in total. The van der Waals surface area contributed by atoms with E-state index in [-0.39, 0.29) is 5.41 Å². The van der Waals surface area contributed by atoms with Crippen molar-refractivity contribution in [3.8, 4) is 22.3 Å². The van der Waals surface area contributed by atoms with Crippen molar-refractivity contribution in [1.29, 1.82) is 0 Å². The largest absolute Gasteiger partial charge is 0.310 e. The molecule has 0 fully saturated rings. The second-order valence-corrected chi connectivity index (χ2v) is 14.3. The van der Waals surface area contributed by atoms with Gasteiger partial charge in [-0.1, -0.05) is 136 Å². The molecule has 0 heterocycles. The lowest BCUT2D eigenvalue weighted by Gasteiger charge is -2.30. The van der Waals surface area contributed by atoms with Crippen molar-refractivity contribution in [2.45, 2.75) is 47.0 Å². The van der Waals surface area contributed by atoms with Crippen LogP contribution in [0.2, 0.25) is 0 Å². The van der Waals surface area contributed by atoms with Gasteiger partial charge in [-0.2, -0.15) is 0 Å². The maximum atomic E-state index is 2.48. The summed E-state index contributed by atoms with van der Waals surface area (Å²) < 4.78 is 0. The van der Waals surface area contributed by atoms with E-state index >= 15 is 0 Å². The van der Waals surface area contributed by atoms with E-state index in [9.17, 15) is 0 Å². The molecule has 0 aliphatic carbocycles. The summed E-state index contributed by atoms with van der Waals surface area (Å²) in [5, 5.41) is 7.92. The van der Waals surface area contributed by atoms with Crippen LogP contribution in [-0.4, -0.2) is 0 Å². The summed E-state index contributed by atoms with van der Waals surface area (Å²) in [5.74, 6) is 0. The molecule has 8 aromatic carbocycles. The second-order valence-electron chi connectivity index (χ2n) is 14.3. The fourth-order valence-corrected chi connectivity index (χ4v) is 7.69. The molecule has 0 atom stereocenters. The normalized spacial score (nSPS) is 12.0. The van der Waals surface area contributed by atoms with Gasteiger partial charge in [-0.05, 0) is 122 Å². The highest BCUT2D eigenvalue weighted by Crippen LogP contribution is 2.47. The lowest BCUT2D eigenvalue weighted by molar-refractivity contribution is 0.591. The molecule has 0 saturated heterocycles. The quantitative estimate of drug-likeness (QED) is 0.173. The third-order valence-corrected chi connectivity index (χ3v) is 10.3. The molecule has 0 aromatic heterocycles. The van der Waals surface area contributed by atoms with Crippen LogP contribution in [0.15, 0.2) is 140 Å². The van der Waals surface area contributed by atoms with Crippen LogP contribution in [0.25, 0.3) is 54.6 Å². The Morgan fingerprint density at radius 1 is 0.458 bits per heavy atom. The first-order chi connectivity index (χ1) is 23.2. The first-order valence-electron chi connectivity index (χ1n) is 17.0. The van der Waals surface area contributed by atoms with E-state index in [4.69, 9.17) is 0 Å². The fourth-order valence-electron chi connectivity index (χ4n) is 7.69. The Hall–Kier alpha value is -5.40. The summed E-state index contributed by atoms with van der Waals surface area (Å²) in [5.41, 5.74) is 13.9. The number of aryl methyl sites for hydroxylation is 1. The van der Waals surface area contributed by atoms with Crippen molar-refractivity contribution in [3.05, 3.63) is 162 Å². The Morgan fingerprint density at radius 3 is 1.71 bits per heavy atom. The smallest absolute Gasteiger partial charge is 0.0543 e. The van der Waals surface area contributed by atoms with Gasteiger partial charge in [0.25, 0.3) is 0 Å². The van der Waals surface area contributed by atoms with Gasteiger partial charge in [0, 0.05) is 16.8 Å². The van der Waals surface area contributed by atoms with E-state index in [0.717, 1.165) is 5.69 Å². The average molecular weight is 620 g/mol. The van der Waals surface area contributed by atoms with Crippen molar-refractivity contribution >= 4 is 49.4 Å². The van der Waals surface area contributed by atoms with Crippen molar-refractivity contribution in [2.24, 2.45) is 0 Å². The Kier molecular flexibility index (Phi) is 7.11. The molecule has 0 spiro atoms. The zero-order valence-corrected chi connectivity index (χ0v) is 28.7. The number of hydrogen-bond donors (Lipinski definition) is 0. The minimum atomic E-state index is 0.0805. The van der Waals surface area contributed by atoms with Gasteiger partial charge in [-0.3, -0.25) is 0 Å². The molecular weight excluding hydrogens is 579 g/mol. The third kappa shape index (κ3) is 4.85. The van der Waals surface area contributed by atoms with Crippen LogP contribution in [0.5, 0.6) is 0 Å². The predicted molar refractivity (Wildman–Crippen MR) is 209 cm³/mol. The van der Waals surface area contributed by atoms with E-state index in [2.05, 4.69) is 186 Å². The van der Waals surface area contributed by atoms with Crippen LogP contribution in [0.3, 0.4) is 0 Å². The lowest BCUT2D eigenvalue weighted by Crippen LogP contribution is -2.13. The molecule has 8 aromatic rings. The summed E-state index contributed by atoms with van der Waals surface area (Å²) in [6, 6.07) is 51.6. The van der Waals surface area contributed by atoms with Gasteiger partial charge in [0.15, 0.2) is 0 Å². The number of para-hydroxylation sites is 1. The minimum Gasteiger partial charge on any atom is -0.310 e. The minimum absolute atomic E-state index is 0.0805. The summed E-state index contributed by atoms with van der Waals surface area (Å²) in [4.78, 5) is 2.48. The molecule has 48 heavy (non-hydrogen) atoms. The van der Waals surface area contributed by atoms with Gasteiger partial charge in [0.2, 0.25) is 0 Å². The van der Waals surface area contributed by atoms with E-state index in [1.165, 1.54) is 88.2 Å². The molecule has 1 nitrogen and oxygen atoms in total. The summed E-state index contributed by atoms with van der Waals surface area (Å²) in [6.07, 6.45) is 0. The van der Waals surface area contributed by atoms with Crippen molar-refractivity contribution in [1.82, 2.24) is 0 Å². The molecule has 0 saturated carbocycles. The summed E-state index contributed by atoms with van der Waals surface area (Å²) >= 11 is 0. The lowest BCUT2D eigenvalue weighted by atomic mass is 9.83. The van der Waals surface area contributed by atoms with E-state index < -0.39 is 0 Å². The van der Waals surface area contributed by atoms with E-state index in [0.29, 0.717) is 0 Å². The monoisotopic (exact) mass is 619 g/mol. The Morgan fingerprint density at radius 2 is 1.04 bits per heavy atom. The molecule has 0 aliphatic rings. The number of benzene rings is 8. The topological polar surface area (TPSA) is 3.24 Å². The van der Waals surface area contributed by atoms with Crippen molar-refractivity contribution in [2.75, 3.05) is 4.90 Å². The van der Waals surface area contributed by atoms with Gasteiger partial charge in [-0.15, -0.1) is 0 Å². The van der Waals surface area contributed by atoms with Crippen LogP contribution in [0.4, 0.5) is 17.1 Å². The zero-order chi connectivity index (χ0) is 33.2. The number of anilines is 3. The van der Waals surface area contributed by atoms with Gasteiger partial charge in [0.1, 0.15) is 0 Å². The van der Waals surface area contributed by atoms with E-state index in [1.807, 2.05) is 0 Å². The maximum absolute atomic E-state index is 2.48. The molecule has 234 valence electrons. The molecule has 0 bridgehead atoms. The first-order valence-corrected chi connectivity index (χ1v) is 17.0. The highest BCUT2D eigenvalue weighted by Gasteiger charge is 2.23. The van der Waals surface area contributed by atoms with Crippen LogP contribution in [-0.2, 0) is 5.41 Å². The Balaban J connectivity index is 1.38.